The second-order valence-corrected chi connectivity index (χ2v) is 9.35. The first-order valence-corrected chi connectivity index (χ1v) is 12.0. The maximum absolute atomic E-state index is 14.9. The summed E-state index contributed by atoms with van der Waals surface area (Å²) in [6, 6.07) is 7.19. The van der Waals surface area contributed by atoms with E-state index in [0.29, 0.717) is 31.9 Å². The van der Waals surface area contributed by atoms with E-state index in [-0.39, 0.29) is 46.0 Å². The minimum atomic E-state index is -0.774. The summed E-state index contributed by atoms with van der Waals surface area (Å²) in [5.74, 6) is -0.560. The van der Waals surface area contributed by atoms with Crippen LogP contribution in [0.25, 0.3) is 22.3 Å². The lowest BCUT2D eigenvalue weighted by Gasteiger charge is -2.37. The molecule has 4 aromatic rings. The van der Waals surface area contributed by atoms with Crippen LogP contribution in [0.3, 0.4) is 0 Å². The first kappa shape index (κ1) is 22.7. The van der Waals surface area contributed by atoms with Crippen molar-refractivity contribution in [2.24, 2.45) is 0 Å². The summed E-state index contributed by atoms with van der Waals surface area (Å²) < 4.78 is 36.5. The predicted molar refractivity (Wildman–Crippen MR) is 130 cm³/mol. The summed E-state index contributed by atoms with van der Waals surface area (Å²) in [5, 5.41) is 0. The van der Waals surface area contributed by atoms with Gasteiger partial charge in [0.2, 0.25) is 5.95 Å². The number of hydrogen-bond donors (Lipinski definition) is 0. The Bertz CT molecular complexity index is 1560. The van der Waals surface area contributed by atoms with Gasteiger partial charge in [0, 0.05) is 43.0 Å². The molecule has 1 fully saturated rings. The van der Waals surface area contributed by atoms with Gasteiger partial charge >= 0.3 is 0 Å². The number of aryl methyl sites for hydroxylation is 2. The van der Waals surface area contributed by atoms with Crippen LogP contribution >= 0.6 is 0 Å². The topological polar surface area (TPSA) is 86.0 Å². The molecule has 2 aliphatic heterocycles. The van der Waals surface area contributed by atoms with Crippen molar-refractivity contribution >= 4 is 17.0 Å². The van der Waals surface area contributed by atoms with Gasteiger partial charge in [-0.2, -0.15) is 0 Å². The summed E-state index contributed by atoms with van der Waals surface area (Å²) in [7, 11) is 0. The summed E-state index contributed by atoms with van der Waals surface area (Å²) in [6.45, 7) is 5.36. The third-order valence-corrected chi connectivity index (χ3v) is 6.68. The zero-order chi connectivity index (χ0) is 25.0. The fraction of sp³-hybridized carbons (Fsp3) is 0.346. The SMILES string of the molecule is Cc1cc([C@H]2CN(c3nc(-c4ccc(F)cc4F)c4nc5n(c(=O)c4n3)CCC5)C[C@@H](C)O2)ccn1. The van der Waals surface area contributed by atoms with Crippen LogP contribution in [0.1, 0.15) is 36.5 Å². The zero-order valence-corrected chi connectivity index (χ0v) is 19.9. The van der Waals surface area contributed by atoms with Crippen molar-refractivity contribution in [1.82, 2.24) is 24.5 Å². The number of nitrogens with zero attached hydrogens (tertiary/aromatic N) is 6. The second-order valence-electron chi connectivity index (χ2n) is 9.35. The molecule has 0 bridgehead atoms. The van der Waals surface area contributed by atoms with Crippen LogP contribution < -0.4 is 10.5 Å². The Morgan fingerprint density at radius 3 is 2.72 bits per heavy atom. The van der Waals surface area contributed by atoms with Gasteiger partial charge in [-0.1, -0.05) is 0 Å². The molecule has 1 aromatic carbocycles. The van der Waals surface area contributed by atoms with Crippen molar-refractivity contribution in [2.75, 3.05) is 18.0 Å². The van der Waals surface area contributed by atoms with Crippen LogP contribution in [0.15, 0.2) is 41.3 Å². The quantitative estimate of drug-likeness (QED) is 0.432. The third-order valence-electron chi connectivity index (χ3n) is 6.68. The monoisotopic (exact) mass is 490 g/mol. The Kier molecular flexibility index (Phi) is 5.48. The average Bonchev–Trinajstić information content (AvgIpc) is 3.33. The van der Waals surface area contributed by atoms with Gasteiger partial charge in [0.25, 0.3) is 5.56 Å². The van der Waals surface area contributed by atoms with Crippen molar-refractivity contribution in [3.63, 3.8) is 0 Å². The minimum Gasteiger partial charge on any atom is -0.367 e. The van der Waals surface area contributed by atoms with Gasteiger partial charge in [0.1, 0.15) is 34.8 Å². The lowest BCUT2D eigenvalue weighted by molar-refractivity contribution is -0.0179. The molecule has 184 valence electrons. The van der Waals surface area contributed by atoms with Crippen LogP contribution in [0.2, 0.25) is 0 Å². The van der Waals surface area contributed by atoms with Gasteiger partial charge < -0.3 is 9.64 Å². The number of aromatic nitrogens is 5. The van der Waals surface area contributed by atoms with E-state index in [9.17, 15) is 13.6 Å². The van der Waals surface area contributed by atoms with E-state index in [2.05, 4.69) is 15.0 Å². The normalized spacial score (nSPS) is 19.6. The van der Waals surface area contributed by atoms with Crippen molar-refractivity contribution in [3.8, 4) is 11.3 Å². The summed E-state index contributed by atoms with van der Waals surface area (Å²) >= 11 is 0. The molecule has 1 saturated heterocycles. The van der Waals surface area contributed by atoms with Crippen LogP contribution in [-0.2, 0) is 17.7 Å². The summed E-state index contributed by atoms with van der Waals surface area (Å²) in [6.07, 6.45) is 2.77. The number of halogens is 2. The third kappa shape index (κ3) is 3.91. The van der Waals surface area contributed by atoms with E-state index in [0.717, 1.165) is 23.7 Å². The van der Waals surface area contributed by atoms with Gasteiger partial charge in [-0.05, 0) is 50.1 Å². The van der Waals surface area contributed by atoms with E-state index >= 15 is 0 Å². The Hall–Kier alpha value is -3.79. The Balaban J connectivity index is 1.52. The van der Waals surface area contributed by atoms with Crippen molar-refractivity contribution < 1.29 is 13.5 Å². The molecule has 8 nitrogen and oxygen atoms in total. The van der Waals surface area contributed by atoms with Gasteiger partial charge in [0.05, 0.1) is 12.6 Å². The smallest absolute Gasteiger partial charge is 0.280 e. The first-order valence-electron chi connectivity index (χ1n) is 12.0. The number of morpholine rings is 1. The first-order chi connectivity index (χ1) is 17.4. The second kappa shape index (κ2) is 8.70. The summed E-state index contributed by atoms with van der Waals surface area (Å²) in [4.78, 5) is 33.6. The molecular formula is C26H24F2N6O2. The van der Waals surface area contributed by atoms with Gasteiger partial charge in [-0.15, -0.1) is 0 Å². The van der Waals surface area contributed by atoms with E-state index in [1.807, 2.05) is 30.9 Å². The number of fused-ring (bicyclic) bond motifs is 2. The van der Waals surface area contributed by atoms with Gasteiger partial charge in [-0.3, -0.25) is 14.3 Å². The molecule has 6 rings (SSSR count). The fourth-order valence-electron chi connectivity index (χ4n) is 5.03. The van der Waals surface area contributed by atoms with Crippen LogP contribution in [-0.4, -0.2) is 43.7 Å². The standard InChI is InChI=1S/C26H24F2N6O2/c1-14-10-16(7-8-29-14)20-13-33(12-15(2)36-20)26-31-22(18-6-5-17(27)11-19(18)28)23-24(32-26)25(35)34-9-3-4-21(34)30-23/h5-8,10-11,15,20H,3-4,9,12-13H2,1-2H3/t15-,20-/m1/s1. The lowest BCUT2D eigenvalue weighted by Crippen LogP contribution is -2.44. The Morgan fingerprint density at radius 2 is 1.92 bits per heavy atom. The molecule has 2 aliphatic rings. The highest BCUT2D eigenvalue weighted by Crippen LogP contribution is 2.32. The molecule has 0 aliphatic carbocycles. The lowest BCUT2D eigenvalue weighted by atomic mass is 10.1. The van der Waals surface area contributed by atoms with E-state index in [1.165, 1.54) is 12.1 Å². The number of ether oxygens (including phenoxy) is 1. The van der Waals surface area contributed by atoms with Crippen LogP contribution in [0, 0.1) is 18.6 Å². The molecule has 0 amide bonds. The molecule has 0 unspecified atom stereocenters. The fourth-order valence-corrected chi connectivity index (χ4v) is 5.03. The Labute approximate surface area is 205 Å². The molecular weight excluding hydrogens is 466 g/mol. The highest BCUT2D eigenvalue weighted by atomic mass is 19.1. The van der Waals surface area contributed by atoms with Crippen molar-refractivity contribution in [1.29, 1.82) is 0 Å². The van der Waals surface area contributed by atoms with Gasteiger partial charge in [0.15, 0.2) is 5.52 Å². The molecule has 5 heterocycles. The number of anilines is 1. The van der Waals surface area contributed by atoms with E-state index in [1.54, 1.807) is 10.8 Å². The number of rotatable bonds is 3. The summed E-state index contributed by atoms with van der Waals surface area (Å²) in [5.41, 5.74) is 2.18. The molecule has 0 saturated carbocycles. The number of pyridine rings is 1. The number of hydrogen-bond acceptors (Lipinski definition) is 7. The van der Waals surface area contributed by atoms with Gasteiger partial charge in [-0.25, -0.2) is 23.7 Å². The maximum atomic E-state index is 14.9. The molecule has 3 aromatic heterocycles. The Morgan fingerprint density at radius 1 is 1.06 bits per heavy atom. The van der Waals surface area contributed by atoms with Crippen molar-refractivity contribution in [3.05, 3.63) is 75.6 Å². The number of benzene rings is 1. The molecule has 2 atom stereocenters. The maximum Gasteiger partial charge on any atom is 0.280 e. The molecule has 0 radical (unpaired) electrons. The molecule has 0 N–H and O–H groups in total. The molecule has 0 spiro atoms. The highest BCUT2D eigenvalue weighted by molar-refractivity contribution is 5.89. The van der Waals surface area contributed by atoms with E-state index < -0.39 is 11.6 Å². The molecule has 36 heavy (non-hydrogen) atoms. The predicted octanol–water partition coefficient (Wildman–Crippen LogP) is 3.75. The largest absolute Gasteiger partial charge is 0.367 e. The van der Waals surface area contributed by atoms with Crippen LogP contribution in [0.4, 0.5) is 14.7 Å². The van der Waals surface area contributed by atoms with Crippen molar-refractivity contribution in [2.45, 2.75) is 45.4 Å². The zero-order valence-electron chi connectivity index (χ0n) is 19.9. The minimum absolute atomic E-state index is 0.0718. The van der Waals surface area contributed by atoms with Crippen LogP contribution in [0.5, 0.6) is 0 Å². The highest BCUT2D eigenvalue weighted by Gasteiger charge is 2.30. The van der Waals surface area contributed by atoms with E-state index in [4.69, 9.17) is 9.72 Å². The average molecular weight is 491 g/mol. The molecule has 10 heteroatoms.